The van der Waals surface area contributed by atoms with Crippen LogP contribution in [0.4, 0.5) is 20.3 Å². The zero-order valence-corrected chi connectivity index (χ0v) is 13.0. The first-order valence-corrected chi connectivity index (χ1v) is 7.03. The molecule has 100 valence electrons. The van der Waals surface area contributed by atoms with Crippen LogP contribution in [-0.4, -0.2) is 9.97 Å². The number of nitrogens with zero attached hydrogens (tertiary/aromatic N) is 2. The van der Waals surface area contributed by atoms with E-state index in [9.17, 15) is 8.78 Å². The summed E-state index contributed by atoms with van der Waals surface area (Å²) in [5, 5.41) is 2.63. The Morgan fingerprint density at radius 1 is 1.11 bits per heavy atom. The van der Waals surface area contributed by atoms with Gasteiger partial charge in [-0.1, -0.05) is 22.9 Å². The first kappa shape index (κ1) is 14.3. The third-order valence-corrected chi connectivity index (χ3v) is 3.18. The Labute approximate surface area is 125 Å². The molecule has 0 radical (unpaired) electrons. The summed E-state index contributed by atoms with van der Waals surface area (Å²) in [5.74, 6) is -0.479. The van der Waals surface area contributed by atoms with Gasteiger partial charge in [-0.25, -0.2) is 18.7 Å². The summed E-state index contributed by atoms with van der Waals surface area (Å²) in [6.45, 7) is 1.90. The first-order chi connectivity index (χ1) is 8.99. The van der Waals surface area contributed by atoms with Gasteiger partial charge in [0.25, 0.3) is 0 Å². The SMILES string of the molecule is CCc1nc(Br)cc(Nc2c(F)cc(Br)cc2F)n1. The Balaban J connectivity index is 2.39. The van der Waals surface area contributed by atoms with E-state index >= 15 is 0 Å². The van der Waals surface area contributed by atoms with Crippen LogP contribution in [0, 0.1) is 11.6 Å². The van der Waals surface area contributed by atoms with Gasteiger partial charge in [-0.05, 0) is 28.1 Å². The second-order valence-electron chi connectivity index (χ2n) is 3.72. The van der Waals surface area contributed by atoms with Crippen molar-refractivity contribution in [1.82, 2.24) is 9.97 Å². The molecular formula is C12H9Br2F2N3. The van der Waals surface area contributed by atoms with E-state index < -0.39 is 11.6 Å². The molecule has 0 saturated carbocycles. The number of benzene rings is 1. The van der Waals surface area contributed by atoms with Crippen molar-refractivity contribution in [2.24, 2.45) is 0 Å². The summed E-state index contributed by atoms with van der Waals surface area (Å²) in [6.07, 6.45) is 0.624. The Kier molecular flexibility index (Phi) is 4.46. The minimum Gasteiger partial charge on any atom is -0.335 e. The third-order valence-electron chi connectivity index (χ3n) is 2.32. The predicted molar refractivity (Wildman–Crippen MR) is 76.5 cm³/mol. The van der Waals surface area contributed by atoms with Crippen molar-refractivity contribution in [2.45, 2.75) is 13.3 Å². The van der Waals surface area contributed by atoms with E-state index in [-0.39, 0.29) is 5.69 Å². The Bertz CT molecular complexity index is 597. The van der Waals surface area contributed by atoms with Gasteiger partial charge in [0.1, 0.15) is 21.9 Å². The molecule has 7 heteroatoms. The Morgan fingerprint density at radius 2 is 1.74 bits per heavy atom. The number of aryl methyl sites for hydroxylation is 1. The summed E-state index contributed by atoms with van der Waals surface area (Å²) >= 11 is 6.26. The number of rotatable bonds is 3. The lowest BCUT2D eigenvalue weighted by molar-refractivity contribution is 0.589. The fraction of sp³-hybridized carbons (Fsp3) is 0.167. The molecule has 0 bridgehead atoms. The minimum absolute atomic E-state index is 0.240. The highest BCUT2D eigenvalue weighted by molar-refractivity contribution is 9.10. The standard InChI is InChI=1S/C12H9Br2F2N3/c1-2-10-17-9(14)5-11(18-10)19-12-7(15)3-6(13)4-8(12)16/h3-5H,2H2,1H3,(H,17,18,19). The van der Waals surface area contributed by atoms with Crippen molar-refractivity contribution >= 4 is 43.4 Å². The molecule has 1 aromatic carbocycles. The highest BCUT2D eigenvalue weighted by Crippen LogP contribution is 2.27. The summed E-state index contributed by atoms with van der Waals surface area (Å²) < 4.78 is 28.3. The summed E-state index contributed by atoms with van der Waals surface area (Å²) in [5.41, 5.74) is -0.240. The van der Waals surface area contributed by atoms with E-state index in [1.807, 2.05) is 6.92 Å². The van der Waals surface area contributed by atoms with Crippen molar-refractivity contribution in [3.8, 4) is 0 Å². The second-order valence-corrected chi connectivity index (χ2v) is 5.44. The van der Waals surface area contributed by atoms with Crippen LogP contribution in [0.15, 0.2) is 27.3 Å². The zero-order chi connectivity index (χ0) is 14.0. The maximum atomic E-state index is 13.7. The van der Waals surface area contributed by atoms with Gasteiger partial charge in [-0.3, -0.25) is 0 Å². The van der Waals surface area contributed by atoms with Gasteiger partial charge in [-0.15, -0.1) is 0 Å². The van der Waals surface area contributed by atoms with Crippen LogP contribution in [0.25, 0.3) is 0 Å². The maximum Gasteiger partial charge on any atom is 0.150 e. The van der Waals surface area contributed by atoms with Crippen LogP contribution in [0.5, 0.6) is 0 Å². The predicted octanol–water partition coefficient (Wildman–Crippen LogP) is 4.59. The van der Waals surface area contributed by atoms with Crippen molar-refractivity contribution < 1.29 is 8.78 Å². The van der Waals surface area contributed by atoms with Gasteiger partial charge in [0.2, 0.25) is 0 Å². The number of halogens is 4. The van der Waals surface area contributed by atoms with Crippen LogP contribution in [0.1, 0.15) is 12.7 Å². The minimum atomic E-state index is -0.695. The molecule has 0 spiro atoms. The molecule has 0 fully saturated rings. The molecule has 0 aliphatic carbocycles. The molecule has 3 nitrogen and oxygen atoms in total. The van der Waals surface area contributed by atoms with Crippen molar-refractivity contribution in [3.63, 3.8) is 0 Å². The highest BCUT2D eigenvalue weighted by atomic mass is 79.9. The summed E-state index contributed by atoms with van der Waals surface area (Å²) in [6, 6.07) is 3.92. The Morgan fingerprint density at radius 3 is 2.32 bits per heavy atom. The first-order valence-electron chi connectivity index (χ1n) is 5.44. The van der Waals surface area contributed by atoms with Crippen molar-refractivity contribution in [2.75, 3.05) is 5.32 Å². The normalized spacial score (nSPS) is 10.6. The number of anilines is 2. The number of hydrogen-bond donors (Lipinski definition) is 1. The molecular weight excluding hydrogens is 384 g/mol. The smallest absolute Gasteiger partial charge is 0.150 e. The van der Waals surface area contributed by atoms with Crippen LogP contribution < -0.4 is 5.32 Å². The van der Waals surface area contributed by atoms with Gasteiger partial charge in [0.15, 0.2) is 11.6 Å². The summed E-state index contributed by atoms with van der Waals surface area (Å²) in [7, 11) is 0. The molecule has 0 saturated heterocycles. The van der Waals surface area contributed by atoms with E-state index in [0.717, 1.165) is 0 Å². The monoisotopic (exact) mass is 391 g/mol. The lowest BCUT2D eigenvalue weighted by Crippen LogP contribution is -2.03. The molecule has 2 rings (SSSR count). The van der Waals surface area contributed by atoms with Crippen LogP contribution >= 0.6 is 31.9 Å². The topological polar surface area (TPSA) is 37.8 Å². The van der Waals surface area contributed by atoms with Gasteiger partial charge >= 0.3 is 0 Å². The molecule has 2 aromatic rings. The van der Waals surface area contributed by atoms with Gasteiger partial charge in [0.05, 0.1) is 0 Å². The number of nitrogens with one attached hydrogen (secondary N) is 1. The molecule has 19 heavy (non-hydrogen) atoms. The van der Waals surface area contributed by atoms with Gasteiger partial charge in [-0.2, -0.15) is 0 Å². The van der Waals surface area contributed by atoms with E-state index in [4.69, 9.17) is 0 Å². The Hall–Kier alpha value is -1.08. The second kappa shape index (κ2) is 5.92. The fourth-order valence-corrected chi connectivity index (χ4v) is 2.30. The van der Waals surface area contributed by atoms with E-state index in [1.54, 1.807) is 6.07 Å². The molecule has 0 atom stereocenters. The zero-order valence-electron chi connectivity index (χ0n) is 9.85. The molecule has 1 N–H and O–H groups in total. The molecule has 1 aromatic heterocycles. The average molecular weight is 393 g/mol. The maximum absolute atomic E-state index is 13.7. The van der Waals surface area contributed by atoms with E-state index in [2.05, 4.69) is 47.1 Å². The molecule has 0 aliphatic heterocycles. The molecule has 1 heterocycles. The van der Waals surface area contributed by atoms with Crippen LogP contribution in [0.3, 0.4) is 0 Å². The quantitative estimate of drug-likeness (QED) is 0.776. The molecule has 0 aliphatic rings. The van der Waals surface area contributed by atoms with Crippen LogP contribution in [-0.2, 0) is 6.42 Å². The number of aromatic nitrogens is 2. The highest BCUT2D eigenvalue weighted by Gasteiger charge is 2.12. The van der Waals surface area contributed by atoms with Crippen molar-refractivity contribution in [3.05, 3.63) is 44.7 Å². The molecule has 0 unspecified atom stereocenters. The van der Waals surface area contributed by atoms with Crippen LogP contribution in [0.2, 0.25) is 0 Å². The number of hydrogen-bond acceptors (Lipinski definition) is 3. The van der Waals surface area contributed by atoms with E-state index in [1.165, 1.54) is 12.1 Å². The lowest BCUT2D eigenvalue weighted by atomic mass is 10.3. The summed E-state index contributed by atoms with van der Waals surface area (Å²) in [4.78, 5) is 8.28. The lowest BCUT2D eigenvalue weighted by Gasteiger charge is -2.09. The van der Waals surface area contributed by atoms with Gasteiger partial charge < -0.3 is 5.32 Å². The fourth-order valence-electron chi connectivity index (χ4n) is 1.48. The average Bonchev–Trinajstić information content (AvgIpc) is 2.33. The third kappa shape index (κ3) is 3.48. The molecule has 0 amide bonds. The van der Waals surface area contributed by atoms with Crippen molar-refractivity contribution in [1.29, 1.82) is 0 Å². The van der Waals surface area contributed by atoms with Gasteiger partial charge in [0, 0.05) is 17.0 Å². The largest absolute Gasteiger partial charge is 0.335 e. The van der Waals surface area contributed by atoms with E-state index in [0.29, 0.717) is 27.1 Å².